The van der Waals surface area contributed by atoms with Crippen molar-refractivity contribution in [3.8, 4) is 17.2 Å². The van der Waals surface area contributed by atoms with Crippen LogP contribution < -0.4 is 20.6 Å². The van der Waals surface area contributed by atoms with Crippen LogP contribution >= 0.6 is 0 Å². The second kappa shape index (κ2) is 17.4. The number of ether oxygens (including phenoxy) is 2. The van der Waals surface area contributed by atoms with Crippen LogP contribution in [0.4, 0.5) is 0 Å². The van der Waals surface area contributed by atoms with Gasteiger partial charge in [0.05, 0.1) is 28.7 Å². The highest BCUT2D eigenvalue weighted by atomic mass is 16.5. The number of fused-ring (bicyclic) bond motifs is 2. The average Bonchev–Trinajstić information content (AvgIpc) is 3.24. The van der Waals surface area contributed by atoms with Gasteiger partial charge in [0.15, 0.2) is 0 Å². The summed E-state index contributed by atoms with van der Waals surface area (Å²) >= 11 is 0. The summed E-state index contributed by atoms with van der Waals surface area (Å²) in [5.74, 6) is 1.43. The van der Waals surface area contributed by atoms with E-state index in [4.69, 9.17) is 9.47 Å². The predicted octanol–water partition coefficient (Wildman–Crippen LogP) is 5.13. The lowest BCUT2D eigenvalue weighted by Gasteiger charge is -2.29. The smallest absolute Gasteiger partial charge is 0.255 e. The van der Waals surface area contributed by atoms with Crippen LogP contribution in [-0.2, 0) is 53.2 Å². The van der Waals surface area contributed by atoms with E-state index in [1.807, 2.05) is 60.5 Å². The number of pyridine rings is 4. The Kier molecular flexibility index (Phi) is 11.8. The van der Waals surface area contributed by atoms with Crippen LogP contribution in [0.1, 0.15) is 59.9 Å². The van der Waals surface area contributed by atoms with Gasteiger partial charge in [-0.15, -0.1) is 0 Å². The van der Waals surface area contributed by atoms with Gasteiger partial charge in [0.1, 0.15) is 30.5 Å². The van der Waals surface area contributed by atoms with Crippen molar-refractivity contribution in [3.63, 3.8) is 0 Å². The quantitative estimate of drug-likeness (QED) is 0.222. The molecule has 8 rings (SSSR count). The van der Waals surface area contributed by atoms with Crippen LogP contribution in [0.25, 0.3) is 0 Å². The monoisotopic (exact) mass is 780 g/mol. The van der Waals surface area contributed by atoms with Gasteiger partial charge in [0.25, 0.3) is 11.8 Å². The molecule has 6 aromatic rings. The van der Waals surface area contributed by atoms with Crippen molar-refractivity contribution in [2.75, 3.05) is 13.1 Å². The molecule has 58 heavy (non-hydrogen) atoms. The third-order valence-electron chi connectivity index (χ3n) is 10.2. The number of carbonyl (C=O) groups excluding carboxylic acids is 2. The second-order valence-electron chi connectivity index (χ2n) is 14.5. The van der Waals surface area contributed by atoms with E-state index in [1.54, 1.807) is 55.7 Å². The predicted molar refractivity (Wildman–Crippen MR) is 217 cm³/mol. The Labute approximate surface area is 335 Å². The topological polar surface area (TPSA) is 149 Å². The number of aryl methyl sites for hydroxylation is 3. The third kappa shape index (κ3) is 9.49. The molecule has 0 saturated carbocycles. The van der Waals surface area contributed by atoms with Gasteiger partial charge >= 0.3 is 0 Å². The molecular weight excluding hydrogens is 737 g/mol. The van der Waals surface area contributed by atoms with Crippen LogP contribution in [0.15, 0.2) is 119 Å². The molecule has 0 saturated heterocycles. The van der Waals surface area contributed by atoms with Gasteiger partial charge in [-0.05, 0) is 102 Å². The third-order valence-corrected chi connectivity index (χ3v) is 10.2. The van der Waals surface area contributed by atoms with E-state index in [2.05, 4.69) is 16.0 Å². The first-order valence-corrected chi connectivity index (χ1v) is 19.0. The summed E-state index contributed by atoms with van der Waals surface area (Å²) in [6, 6.07) is 25.2. The lowest BCUT2D eigenvalue weighted by Crippen LogP contribution is -2.36. The SMILES string of the molecule is Cc1ccc(COc2ccc3c(c2)CN(C(=O)c2ccc(=O)n(C)c2)CC3)nc1.Cn1cc(C(=O)N2CCc3ccc(OCc4ccc(O)cn4)cc3C2)ccc1=O. The Balaban J connectivity index is 0.000000177. The van der Waals surface area contributed by atoms with E-state index in [0.717, 1.165) is 41.0 Å². The van der Waals surface area contributed by atoms with Crippen LogP contribution in [0.2, 0.25) is 0 Å². The number of benzene rings is 2. The molecule has 1 N–H and O–H groups in total. The molecule has 6 heterocycles. The van der Waals surface area contributed by atoms with E-state index < -0.39 is 0 Å². The molecule has 13 nitrogen and oxygen atoms in total. The second-order valence-corrected chi connectivity index (χ2v) is 14.5. The van der Waals surface area contributed by atoms with Gasteiger partial charge in [0, 0.05) is 71.0 Å². The number of hydrogen-bond donors (Lipinski definition) is 1. The van der Waals surface area contributed by atoms with Crippen LogP contribution in [-0.4, -0.2) is 58.9 Å². The summed E-state index contributed by atoms with van der Waals surface area (Å²) < 4.78 is 14.6. The lowest BCUT2D eigenvalue weighted by atomic mass is 9.99. The van der Waals surface area contributed by atoms with Crippen LogP contribution in [0.5, 0.6) is 17.2 Å². The highest BCUT2D eigenvalue weighted by Gasteiger charge is 2.24. The molecule has 0 radical (unpaired) electrons. The van der Waals surface area contributed by atoms with Crippen molar-refractivity contribution in [3.05, 3.63) is 181 Å². The highest BCUT2D eigenvalue weighted by molar-refractivity contribution is 5.94. The van der Waals surface area contributed by atoms with Gasteiger partial charge in [-0.3, -0.25) is 29.1 Å². The zero-order valence-corrected chi connectivity index (χ0v) is 32.6. The molecule has 13 heteroatoms. The minimum absolute atomic E-state index is 0.0681. The Morgan fingerprint density at radius 1 is 0.621 bits per heavy atom. The number of rotatable bonds is 8. The zero-order valence-electron chi connectivity index (χ0n) is 32.6. The zero-order chi connectivity index (χ0) is 40.8. The Bertz CT molecular complexity index is 2390. The highest BCUT2D eigenvalue weighted by Crippen LogP contribution is 2.27. The van der Waals surface area contributed by atoms with Crippen molar-refractivity contribution in [1.82, 2.24) is 28.9 Å². The molecule has 0 aliphatic carbocycles. The molecule has 2 aromatic carbocycles. The van der Waals surface area contributed by atoms with Gasteiger partial charge < -0.3 is 33.5 Å². The molecule has 2 aliphatic rings. The Morgan fingerprint density at radius 3 is 1.53 bits per heavy atom. The molecule has 0 spiro atoms. The summed E-state index contributed by atoms with van der Waals surface area (Å²) in [6.45, 7) is 5.00. The first-order chi connectivity index (χ1) is 28.0. The first-order valence-electron chi connectivity index (χ1n) is 19.0. The molecule has 0 bridgehead atoms. The van der Waals surface area contributed by atoms with Crippen molar-refractivity contribution in [2.24, 2.45) is 14.1 Å². The molecule has 0 atom stereocenters. The summed E-state index contributed by atoms with van der Waals surface area (Å²) in [5, 5.41) is 9.30. The van der Waals surface area contributed by atoms with Gasteiger partial charge in [-0.1, -0.05) is 18.2 Å². The Hall–Kier alpha value is -7.02. The fourth-order valence-corrected chi connectivity index (χ4v) is 6.80. The number of nitrogens with zero attached hydrogens (tertiary/aromatic N) is 6. The fourth-order valence-electron chi connectivity index (χ4n) is 6.80. The number of hydrogen-bond acceptors (Lipinski definition) is 9. The molecule has 2 amide bonds. The normalized spacial score (nSPS) is 13.1. The van der Waals surface area contributed by atoms with Gasteiger partial charge in [0.2, 0.25) is 11.1 Å². The first kappa shape index (κ1) is 39.2. The van der Waals surface area contributed by atoms with Crippen molar-refractivity contribution in [2.45, 2.75) is 46.1 Å². The standard InChI is InChI=1S/C23H23N3O3.C22H21N3O4/c1-16-3-6-20(24-12-16)15-29-21-7-4-17-9-10-26(14-19(17)11-21)23(28)18-5-8-22(27)25(2)13-18;1-24-12-16(3-7-21(24)27)22(28)25-9-8-15-2-6-20(10-17(15)13-25)29-14-18-4-5-19(26)11-23-18/h3-8,11-13H,9-10,14-15H2,1-2H3;2-7,10-12,26H,8-9,13-14H2,1H3. The summed E-state index contributed by atoms with van der Waals surface area (Å²) in [6.07, 6.45) is 7.95. The molecule has 0 fully saturated rings. The largest absolute Gasteiger partial charge is 0.506 e. The molecular formula is C45H44N6O7. The minimum atomic E-state index is -0.143. The molecule has 4 aromatic heterocycles. The molecule has 296 valence electrons. The van der Waals surface area contributed by atoms with E-state index in [9.17, 15) is 24.3 Å². The summed E-state index contributed by atoms with van der Waals surface area (Å²) in [7, 11) is 3.29. The summed E-state index contributed by atoms with van der Waals surface area (Å²) in [4.78, 5) is 60.9. The van der Waals surface area contributed by atoms with Gasteiger partial charge in [-0.2, -0.15) is 0 Å². The maximum atomic E-state index is 12.9. The van der Waals surface area contributed by atoms with Gasteiger partial charge in [-0.25, -0.2) is 0 Å². The van der Waals surface area contributed by atoms with Crippen LogP contribution in [0.3, 0.4) is 0 Å². The molecule has 0 unspecified atom stereocenters. The lowest BCUT2D eigenvalue weighted by molar-refractivity contribution is 0.0726. The van der Waals surface area contributed by atoms with Crippen LogP contribution in [0, 0.1) is 6.92 Å². The Morgan fingerprint density at radius 2 is 1.10 bits per heavy atom. The number of aromatic nitrogens is 4. The van der Waals surface area contributed by atoms with E-state index in [-0.39, 0.29) is 28.7 Å². The maximum absolute atomic E-state index is 12.9. The van der Waals surface area contributed by atoms with E-state index >= 15 is 0 Å². The van der Waals surface area contributed by atoms with Crippen molar-refractivity contribution < 1.29 is 24.2 Å². The fraction of sp³-hybridized carbons (Fsp3) is 0.244. The summed E-state index contributed by atoms with van der Waals surface area (Å²) in [5.41, 5.74) is 8.02. The number of aromatic hydroxyl groups is 1. The van der Waals surface area contributed by atoms with Crippen molar-refractivity contribution in [1.29, 1.82) is 0 Å². The number of amides is 2. The number of carbonyl (C=O) groups is 2. The van der Waals surface area contributed by atoms with Crippen molar-refractivity contribution >= 4 is 11.8 Å². The van der Waals surface area contributed by atoms with E-state index in [0.29, 0.717) is 62.0 Å². The molecule has 2 aliphatic heterocycles. The maximum Gasteiger partial charge on any atom is 0.255 e. The minimum Gasteiger partial charge on any atom is -0.506 e. The average molecular weight is 781 g/mol. The van der Waals surface area contributed by atoms with E-state index in [1.165, 1.54) is 38.6 Å².